The molecule has 1 unspecified atom stereocenters. The lowest BCUT2D eigenvalue weighted by Crippen LogP contribution is -2.42. The van der Waals surface area contributed by atoms with Crippen LogP contribution in [0, 0.1) is 6.92 Å². The molecule has 6 nitrogen and oxygen atoms in total. The zero-order chi connectivity index (χ0) is 14.4. The highest BCUT2D eigenvalue weighted by molar-refractivity contribution is 5.89. The number of carboxylic acids is 1. The summed E-state index contributed by atoms with van der Waals surface area (Å²) >= 11 is 0. The highest BCUT2D eigenvalue weighted by Gasteiger charge is 2.20. The van der Waals surface area contributed by atoms with E-state index in [1.807, 2.05) is 13.8 Å². The summed E-state index contributed by atoms with van der Waals surface area (Å²) < 4.78 is 0. The van der Waals surface area contributed by atoms with E-state index in [1.165, 1.54) is 4.90 Å². The SMILES string of the molecule is CCN(C(=O)Nc1cncc(C)c1)C(C)CC(=O)O. The van der Waals surface area contributed by atoms with Crippen molar-refractivity contribution < 1.29 is 14.7 Å². The number of anilines is 1. The molecule has 19 heavy (non-hydrogen) atoms. The Balaban J connectivity index is 2.71. The molecule has 2 N–H and O–H groups in total. The van der Waals surface area contributed by atoms with Crippen molar-refractivity contribution in [2.45, 2.75) is 33.2 Å². The van der Waals surface area contributed by atoms with E-state index in [1.54, 1.807) is 25.4 Å². The molecule has 0 saturated carbocycles. The van der Waals surface area contributed by atoms with Crippen molar-refractivity contribution in [1.29, 1.82) is 0 Å². The quantitative estimate of drug-likeness (QED) is 0.854. The summed E-state index contributed by atoms with van der Waals surface area (Å²) in [5.41, 5.74) is 1.55. The van der Waals surface area contributed by atoms with Crippen LogP contribution in [0.3, 0.4) is 0 Å². The lowest BCUT2D eigenvalue weighted by molar-refractivity contribution is -0.137. The zero-order valence-electron chi connectivity index (χ0n) is 11.4. The number of hydrogen-bond donors (Lipinski definition) is 2. The topological polar surface area (TPSA) is 82.5 Å². The molecule has 104 valence electrons. The Labute approximate surface area is 112 Å². The number of rotatable bonds is 5. The highest BCUT2D eigenvalue weighted by Crippen LogP contribution is 2.11. The van der Waals surface area contributed by atoms with Gasteiger partial charge in [-0.3, -0.25) is 9.78 Å². The Morgan fingerprint density at radius 2 is 2.16 bits per heavy atom. The van der Waals surface area contributed by atoms with Gasteiger partial charge in [0.25, 0.3) is 0 Å². The van der Waals surface area contributed by atoms with Gasteiger partial charge in [0.1, 0.15) is 0 Å². The standard InChI is InChI=1S/C13H19N3O3/c1-4-16(10(3)6-12(17)18)13(19)15-11-5-9(2)7-14-8-11/h5,7-8,10H,4,6H2,1-3H3,(H,15,19)(H,17,18). The summed E-state index contributed by atoms with van der Waals surface area (Å²) in [4.78, 5) is 28.2. The van der Waals surface area contributed by atoms with Gasteiger partial charge >= 0.3 is 12.0 Å². The molecule has 0 aliphatic rings. The Morgan fingerprint density at radius 3 is 2.68 bits per heavy atom. The number of urea groups is 1. The number of nitrogens with one attached hydrogen (secondary N) is 1. The average molecular weight is 265 g/mol. The normalized spacial score (nSPS) is 11.7. The number of carbonyl (C=O) groups excluding carboxylic acids is 1. The molecule has 0 fully saturated rings. The first-order chi connectivity index (χ1) is 8.93. The lowest BCUT2D eigenvalue weighted by atomic mass is 10.2. The molecule has 1 aromatic rings. The first kappa shape index (κ1) is 14.9. The number of aromatic nitrogens is 1. The molecule has 0 saturated heterocycles. The molecule has 1 aromatic heterocycles. The number of amides is 2. The van der Waals surface area contributed by atoms with Crippen molar-refractivity contribution in [1.82, 2.24) is 9.88 Å². The predicted molar refractivity (Wildman–Crippen MR) is 72.1 cm³/mol. The molecule has 0 aliphatic carbocycles. The van der Waals surface area contributed by atoms with Crippen LogP contribution in [0.5, 0.6) is 0 Å². The second kappa shape index (κ2) is 6.72. The van der Waals surface area contributed by atoms with Crippen molar-refractivity contribution in [2.24, 2.45) is 0 Å². The Hall–Kier alpha value is -2.11. The molecule has 6 heteroatoms. The number of aryl methyl sites for hydroxylation is 1. The third-order valence-electron chi connectivity index (χ3n) is 2.73. The second-order valence-electron chi connectivity index (χ2n) is 4.41. The maximum atomic E-state index is 12.1. The van der Waals surface area contributed by atoms with Gasteiger partial charge in [-0.05, 0) is 32.4 Å². The van der Waals surface area contributed by atoms with Gasteiger partial charge in [0, 0.05) is 18.8 Å². The Morgan fingerprint density at radius 1 is 1.47 bits per heavy atom. The first-order valence-electron chi connectivity index (χ1n) is 6.15. The van der Waals surface area contributed by atoms with Gasteiger partial charge in [-0.15, -0.1) is 0 Å². The van der Waals surface area contributed by atoms with E-state index in [2.05, 4.69) is 10.3 Å². The summed E-state index contributed by atoms with van der Waals surface area (Å²) in [6, 6.07) is 1.13. The van der Waals surface area contributed by atoms with Gasteiger partial charge in [0.05, 0.1) is 18.3 Å². The van der Waals surface area contributed by atoms with Crippen LogP contribution in [-0.4, -0.2) is 39.6 Å². The van der Waals surface area contributed by atoms with Crippen LogP contribution in [0.4, 0.5) is 10.5 Å². The van der Waals surface area contributed by atoms with Gasteiger partial charge in [0.2, 0.25) is 0 Å². The molecular formula is C13H19N3O3. The summed E-state index contributed by atoms with van der Waals surface area (Å²) in [5.74, 6) is -0.920. The number of carboxylic acid groups (broad SMARTS) is 1. The minimum Gasteiger partial charge on any atom is -0.481 e. The van der Waals surface area contributed by atoms with Crippen LogP contribution in [0.15, 0.2) is 18.5 Å². The van der Waals surface area contributed by atoms with Crippen LogP contribution in [0.1, 0.15) is 25.8 Å². The van der Waals surface area contributed by atoms with Crippen molar-refractivity contribution in [3.63, 3.8) is 0 Å². The Bertz CT molecular complexity index is 462. The maximum Gasteiger partial charge on any atom is 0.322 e. The molecule has 1 rings (SSSR count). The highest BCUT2D eigenvalue weighted by atomic mass is 16.4. The summed E-state index contributed by atoms with van der Waals surface area (Å²) in [6.07, 6.45) is 3.17. The number of nitrogens with zero attached hydrogens (tertiary/aromatic N) is 2. The molecule has 1 atom stereocenters. The maximum absolute atomic E-state index is 12.1. The van der Waals surface area contributed by atoms with Crippen molar-refractivity contribution in [2.75, 3.05) is 11.9 Å². The molecule has 1 heterocycles. The molecule has 0 aromatic carbocycles. The fourth-order valence-electron chi connectivity index (χ4n) is 1.84. The molecule has 0 aliphatic heterocycles. The van der Waals surface area contributed by atoms with E-state index < -0.39 is 5.97 Å². The minimum atomic E-state index is -0.920. The molecule has 0 radical (unpaired) electrons. The van der Waals surface area contributed by atoms with Crippen LogP contribution in [0.2, 0.25) is 0 Å². The number of carbonyl (C=O) groups is 2. The van der Waals surface area contributed by atoms with Crippen LogP contribution in [0.25, 0.3) is 0 Å². The van der Waals surface area contributed by atoms with E-state index in [0.717, 1.165) is 5.56 Å². The van der Waals surface area contributed by atoms with Crippen LogP contribution >= 0.6 is 0 Å². The fraction of sp³-hybridized carbons (Fsp3) is 0.462. The number of hydrogen-bond acceptors (Lipinski definition) is 3. The minimum absolute atomic E-state index is 0.0761. The van der Waals surface area contributed by atoms with E-state index in [0.29, 0.717) is 12.2 Å². The Kier molecular flexibility index (Phi) is 5.29. The van der Waals surface area contributed by atoms with E-state index >= 15 is 0 Å². The largest absolute Gasteiger partial charge is 0.481 e. The molecule has 0 bridgehead atoms. The molecular weight excluding hydrogens is 246 g/mol. The molecule has 2 amide bonds. The predicted octanol–water partition coefficient (Wildman–Crippen LogP) is 2.11. The van der Waals surface area contributed by atoms with Gasteiger partial charge < -0.3 is 15.3 Å². The second-order valence-corrected chi connectivity index (χ2v) is 4.41. The fourth-order valence-corrected chi connectivity index (χ4v) is 1.84. The average Bonchev–Trinajstić information content (AvgIpc) is 2.28. The monoisotopic (exact) mass is 265 g/mol. The van der Waals surface area contributed by atoms with Gasteiger partial charge in [0.15, 0.2) is 0 Å². The van der Waals surface area contributed by atoms with Crippen LogP contribution in [-0.2, 0) is 4.79 Å². The van der Waals surface area contributed by atoms with E-state index in [4.69, 9.17) is 5.11 Å². The third kappa shape index (κ3) is 4.57. The van der Waals surface area contributed by atoms with E-state index in [-0.39, 0.29) is 18.5 Å². The van der Waals surface area contributed by atoms with Gasteiger partial charge in [-0.1, -0.05) is 0 Å². The lowest BCUT2D eigenvalue weighted by Gasteiger charge is -2.27. The zero-order valence-corrected chi connectivity index (χ0v) is 11.4. The summed E-state index contributed by atoms with van der Waals surface area (Å²) in [6.45, 7) is 5.85. The third-order valence-corrected chi connectivity index (χ3v) is 2.73. The van der Waals surface area contributed by atoms with Crippen LogP contribution < -0.4 is 5.32 Å². The van der Waals surface area contributed by atoms with Crippen molar-refractivity contribution in [3.8, 4) is 0 Å². The van der Waals surface area contributed by atoms with E-state index in [9.17, 15) is 9.59 Å². The number of aliphatic carboxylic acids is 1. The van der Waals surface area contributed by atoms with Crippen molar-refractivity contribution in [3.05, 3.63) is 24.0 Å². The smallest absolute Gasteiger partial charge is 0.322 e. The summed E-state index contributed by atoms with van der Waals surface area (Å²) in [7, 11) is 0. The number of pyridine rings is 1. The molecule has 0 spiro atoms. The van der Waals surface area contributed by atoms with Gasteiger partial charge in [-0.25, -0.2) is 4.79 Å². The van der Waals surface area contributed by atoms with Gasteiger partial charge in [-0.2, -0.15) is 0 Å². The van der Waals surface area contributed by atoms with Crippen molar-refractivity contribution >= 4 is 17.7 Å². The first-order valence-corrected chi connectivity index (χ1v) is 6.15. The summed E-state index contributed by atoms with van der Waals surface area (Å²) in [5, 5.41) is 11.5.